The third-order valence-electron chi connectivity index (χ3n) is 2.43. The van der Waals surface area contributed by atoms with Crippen molar-refractivity contribution in [2.24, 2.45) is 5.84 Å². The molecule has 0 aromatic heterocycles. The molecule has 0 aliphatic carbocycles. The lowest BCUT2D eigenvalue weighted by Crippen LogP contribution is -2.32. The molecule has 1 aromatic rings. The summed E-state index contributed by atoms with van der Waals surface area (Å²) < 4.78 is 53.4. The zero-order valence-corrected chi connectivity index (χ0v) is 10.4. The molecular weight excluding hydrogens is 280 g/mol. The molecule has 0 fully saturated rings. The van der Waals surface area contributed by atoms with Gasteiger partial charge in [0.1, 0.15) is 6.61 Å². The Morgan fingerprint density at radius 1 is 1.25 bits per heavy atom. The second kappa shape index (κ2) is 7.20. The van der Waals surface area contributed by atoms with Gasteiger partial charge in [-0.3, -0.25) is 10.2 Å². The van der Waals surface area contributed by atoms with Crippen molar-refractivity contribution in [1.29, 1.82) is 0 Å². The average Bonchev–Trinajstić information content (AvgIpc) is 2.40. The van der Waals surface area contributed by atoms with Crippen molar-refractivity contribution < 1.29 is 27.1 Å². The van der Waals surface area contributed by atoms with Crippen LogP contribution in [-0.2, 0) is 22.6 Å². The van der Waals surface area contributed by atoms with Crippen LogP contribution in [0, 0.1) is 0 Å². The second-order valence-corrected chi connectivity index (χ2v) is 4.12. The van der Waals surface area contributed by atoms with Crippen LogP contribution < -0.4 is 11.3 Å². The molecule has 0 saturated heterocycles. The van der Waals surface area contributed by atoms with Crippen molar-refractivity contribution in [3.63, 3.8) is 0 Å². The Balaban J connectivity index is 2.44. The second-order valence-electron chi connectivity index (χ2n) is 4.12. The number of hydrogen-bond donors (Lipinski definition) is 2. The number of alkyl halides is 4. The molecule has 0 aliphatic rings. The van der Waals surface area contributed by atoms with E-state index < -0.39 is 19.0 Å². The molecule has 1 rings (SSSR count). The lowest BCUT2D eigenvalue weighted by Gasteiger charge is -2.15. The van der Waals surface area contributed by atoms with E-state index in [2.05, 4.69) is 4.74 Å². The van der Waals surface area contributed by atoms with E-state index in [0.717, 1.165) is 0 Å². The Bertz CT molecular complexity index is 438. The van der Waals surface area contributed by atoms with Gasteiger partial charge >= 0.3 is 12.3 Å². The monoisotopic (exact) mass is 294 g/mol. The van der Waals surface area contributed by atoms with Crippen molar-refractivity contribution in [3.8, 4) is 0 Å². The molecule has 0 saturated carbocycles. The number of hydrazine groups is 1. The molecule has 0 radical (unpaired) electrons. The number of hydrogen-bond acceptors (Lipinski definition) is 3. The van der Waals surface area contributed by atoms with Crippen LogP contribution >= 0.6 is 0 Å². The summed E-state index contributed by atoms with van der Waals surface area (Å²) in [4.78, 5) is 11.0. The van der Waals surface area contributed by atoms with Gasteiger partial charge in [0.2, 0.25) is 5.91 Å². The van der Waals surface area contributed by atoms with Crippen molar-refractivity contribution in [1.82, 2.24) is 5.43 Å². The zero-order chi connectivity index (χ0) is 15.2. The van der Waals surface area contributed by atoms with Gasteiger partial charge in [0, 0.05) is 0 Å². The van der Waals surface area contributed by atoms with Gasteiger partial charge in [-0.1, -0.05) is 24.3 Å². The third kappa shape index (κ3) is 5.14. The maximum Gasteiger partial charge on any atom is 0.330 e. The molecule has 0 unspecified atom stereocenters. The summed E-state index contributed by atoms with van der Waals surface area (Å²) in [6.45, 7) is -1.56. The number of rotatable bonds is 7. The van der Waals surface area contributed by atoms with Gasteiger partial charge in [0.25, 0.3) is 0 Å². The fourth-order valence-corrected chi connectivity index (χ4v) is 1.36. The Labute approximate surface area is 112 Å². The minimum atomic E-state index is -4.15. The number of nitrogens with one attached hydrogen (secondary N) is 1. The first-order valence-electron chi connectivity index (χ1n) is 5.66. The SMILES string of the molecule is NNC(=O)Cc1ccc(COCC(F)(F)C(F)F)cc1. The lowest BCUT2D eigenvalue weighted by molar-refractivity contribution is -0.168. The van der Waals surface area contributed by atoms with Crippen LogP contribution in [0.4, 0.5) is 17.6 Å². The van der Waals surface area contributed by atoms with Gasteiger partial charge in [-0.15, -0.1) is 0 Å². The Morgan fingerprint density at radius 3 is 2.30 bits per heavy atom. The van der Waals surface area contributed by atoms with Crippen LogP contribution in [0.3, 0.4) is 0 Å². The predicted octanol–water partition coefficient (Wildman–Crippen LogP) is 1.64. The summed E-state index contributed by atoms with van der Waals surface area (Å²) in [7, 11) is 0. The maximum atomic E-state index is 12.6. The predicted molar refractivity (Wildman–Crippen MR) is 63.1 cm³/mol. The normalized spacial score (nSPS) is 11.7. The van der Waals surface area contributed by atoms with Crippen molar-refractivity contribution in [3.05, 3.63) is 35.4 Å². The summed E-state index contributed by atoms with van der Waals surface area (Å²) >= 11 is 0. The fraction of sp³-hybridized carbons (Fsp3) is 0.417. The third-order valence-corrected chi connectivity index (χ3v) is 2.43. The highest BCUT2D eigenvalue weighted by Crippen LogP contribution is 2.23. The molecule has 8 heteroatoms. The van der Waals surface area contributed by atoms with Crippen molar-refractivity contribution in [2.75, 3.05) is 6.61 Å². The molecule has 0 atom stereocenters. The first-order valence-corrected chi connectivity index (χ1v) is 5.66. The van der Waals surface area contributed by atoms with Crippen LogP contribution in [0.1, 0.15) is 11.1 Å². The zero-order valence-electron chi connectivity index (χ0n) is 10.4. The largest absolute Gasteiger partial charge is 0.370 e. The summed E-state index contributed by atoms with van der Waals surface area (Å²) in [5.74, 6) is 0.405. The van der Waals surface area contributed by atoms with Crippen LogP contribution in [0.5, 0.6) is 0 Å². The van der Waals surface area contributed by atoms with Crippen molar-refractivity contribution >= 4 is 5.91 Å². The molecule has 0 bridgehead atoms. The van der Waals surface area contributed by atoms with Crippen molar-refractivity contribution in [2.45, 2.75) is 25.4 Å². The highest BCUT2D eigenvalue weighted by atomic mass is 19.3. The van der Waals surface area contributed by atoms with E-state index in [0.29, 0.717) is 11.1 Å². The first-order chi connectivity index (χ1) is 9.35. The number of halogens is 4. The topological polar surface area (TPSA) is 64.3 Å². The lowest BCUT2D eigenvalue weighted by atomic mass is 10.1. The highest BCUT2D eigenvalue weighted by Gasteiger charge is 2.40. The summed E-state index contributed by atoms with van der Waals surface area (Å²) in [5, 5.41) is 0. The molecule has 112 valence electrons. The van der Waals surface area contributed by atoms with E-state index in [1.807, 2.05) is 5.43 Å². The van der Waals surface area contributed by atoms with E-state index in [1.54, 1.807) is 24.3 Å². The molecular formula is C12H14F4N2O2. The van der Waals surface area contributed by atoms with E-state index in [4.69, 9.17) is 5.84 Å². The quantitative estimate of drug-likeness (QED) is 0.348. The molecule has 4 nitrogen and oxygen atoms in total. The highest BCUT2D eigenvalue weighted by molar-refractivity contribution is 5.77. The van der Waals surface area contributed by atoms with Crippen LogP contribution in [-0.4, -0.2) is 24.9 Å². The van der Waals surface area contributed by atoms with Gasteiger partial charge in [-0.05, 0) is 11.1 Å². The standard InChI is InChI=1S/C12H14F4N2O2/c13-11(14)12(15,16)7-20-6-9-3-1-8(2-4-9)5-10(19)18-17/h1-4,11H,5-7,17H2,(H,18,19). The summed E-state index contributed by atoms with van der Waals surface area (Å²) in [6, 6.07) is 6.30. The van der Waals surface area contributed by atoms with E-state index in [-0.39, 0.29) is 18.9 Å². The summed E-state index contributed by atoms with van der Waals surface area (Å²) in [6.07, 6.45) is -3.67. The Hall–Kier alpha value is -1.67. The van der Waals surface area contributed by atoms with E-state index >= 15 is 0 Å². The molecule has 0 spiro atoms. The van der Waals surface area contributed by atoms with Gasteiger partial charge in [-0.25, -0.2) is 14.6 Å². The fourth-order valence-electron chi connectivity index (χ4n) is 1.36. The molecule has 3 N–H and O–H groups in total. The number of amides is 1. The first kappa shape index (κ1) is 16.4. The molecule has 20 heavy (non-hydrogen) atoms. The number of nitrogens with two attached hydrogens (primary N) is 1. The van der Waals surface area contributed by atoms with E-state index in [1.165, 1.54) is 0 Å². The number of ether oxygens (including phenoxy) is 1. The van der Waals surface area contributed by atoms with Gasteiger partial charge < -0.3 is 4.74 Å². The Kier molecular flexibility index (Phi) is 5.90. The van der Waals surface area contributed by atoms with E-state index in [9.17, 15) is 22.4 Å². The van der Waals surface area contributed by atoms with Crippen LogP contribution in [0.15, 0.2) is 24.3 Å². The summed E-state index contributed by atoms with van der Waals surface area (Å²) in [5.41, 5.74) is 3.18. The minimum Gasteiger partial charge on any atom is -0.370 e. The van der Waals surface area contributed by atoms with Gasteiger partial charge in [0.05, 0.1) is 13.0 Å². The number of carbonyl (C=O) groups is 1. The molecule has 0 heterocycles. The van der Waals surface area contributed by atoms with Crippen LogP contribution in [0.25, 0.3) is 0 Å². The average molecular weight is 294 g/mol. The van der Waals surface area contributed by atoms with Gasteiger partial charge in [-0.2, -0.15) is 8.78 Å². The van der Waals surface area contributed by atoms with Gasteiger partial charge in [0.15, 0.2) is 0 Å². The maximum absolute atomic E-state index is 12.6. The van der Waals surface area contributed by atoms with Crippen LogP contribution in [0.2, 0.25) is 0 Å². The smallest absolute Gasteiger partial charge is 0.330 e. The number of carbonyl (C=O) groups excluding carboxylic acids is 1. The number of benzene rings is 1. The molecule has 0 aliphatic heterocycles. The Morgan fingerprint density at radius 2 is 1.80 bits per heavy atom. The molecule has 1 amide bonds. The molecule has 1 aromatic carbocycles. The minimum absolute atomic E-state index is 0.0844.